The van der Waals surface area contributed by atoms with Crippen molar-refractivity contribution in [3.05, 3.63) is 77.4 Å². The Balaban J connectivity index is 1.54. The summed E-state index contributed by atoms with van der Waals surface area (Å²) < 4.78 is 0. The molecule has 2 aromatic carbocycles. The molecule has 0 aliphatic heterocycles. The number of rotatable bonds is 1. The van der Waals surface area contributed by atoms with Crippen molar-refractivity contribution in [2.75, 3.05) is 0 Å². The first-order valence-corrected chi connectivity index (χ1v) is 8.50. The maximum atomic E-state index is 2.53. The molecule has 0 N–H and O–H groups in total. The average Bonchev–Trinajstić information content (AvgIpc) is 3.17. The van der Waals surface area contributed by atoms with Gasteiger partial charge in [-0.05, 0) is 64.5 Å². The fraction of sp³-hybridized carbons (Fsp3) is 0.273. The standard InChI is InChI=1S/C22H20/c1-2-7-21-19(4-1)14-20-13-18(10-11-22(20)21)17-9-8-15-5-3-6-16(15)12-17/h1-2,4,7-13,15-16H,3,5-6,14H2. The van der Waals surface area contributed by atoms with Crippen molar-refractivity contribution in [3.8, 4) is 11.1 Å². The molecule has 2 atom stereocenters. The Bertz CT molecular complexity index is 807. The molecule has 2 aromatic rings. The minimum absolute atomic E-state index is 0.783. The van der Waals surface area contributed by atoms with E-state index in [1.807, 2.05) is 0 Å². The lowest BCUT2D eigenvalue weighted by Crippen LogP contribution is -2.06. The van der Waals surface area contributed by atoms with Crippen LogP contribution in [0.4, 0.5) is 0 Å². The summed E-state index contributed by atoms with van der Waals surface area (Å²) in [7, 11) is 0. The van der Waals surface area contributed by atoms with E-state index in [4.69, 9.17) is 0 Å². The zero-order valence-corrected chi connectivity index (χ0v) is 12.8. The average molecular weight is 284 g/mol. The van der Waals surface area contributed by atoms with Crippen LogP contribution in [-0.4, -0.2) is 0 Å². The first-order valence-electron chi connectivity index (χ1n) is 8.50. The summed E-state index contributed by atoms with van der Waals surface area (Å²) in [4.78, 5) is 0. The van der Waals surface area contributed by atoms with Crippen LogP contribution < -0.4 is 0 Å². The van der Waals surface area contributed by atoms with Gasteiger partial charge in [0.2, 0.25) is 0 Å². The van der Waals surface area contributed by atoms with E-state index in [1.54, 1.807) is 0 Å². The highest BCUT2D eigenvalue weighted by Gasteiger charge is 2.26. The summed E-state index contributed by atoms with van der Waals surface area (Å²) in [5, 5.41) is 0. The Labute approximate surface area is 132 Å². The molecule has 0 radical (unpaired) electrons. The van der Waals surface area contributed by atoms with E-state index in [2.05, 4.69) is 60.7 Å². The lowest BCUT2D eigenvalue weighted by atomic mass is 9.86. The fourth-order valence-corrected chi connectivity index (χ4v) is 4.49. The van der Waals surface area contributed by atoms with Crippen molar-refractivity contribution >= 4 is 5.57 Å². The van der Waals surface area contributed by atoms with Crippen LogP contribution in [0.5, 0.6) is 0 Å². The van der Waals surface area contributed by atoms with Gasteiger partial charge in [-0.2, -0.15) is 0 Å². The summed E-state index contributed by atoms with van der Waals surface area (Å²) in [5.74, 6) is 1.59. The Hall–Kier alpha value is -2.08. The molecule has 0 saturated heterocycles. The van der Waals surface area contributed by atoms with Crippen LogP contribution in [0.15, 0.2) is 60.7 Å². The minimum Gasteiger partial charge on any atom is -0.0802 e. The second kappa shape index (κ2) is 4.71. The van der Waals surface area contributed by atoms with E-state index in [9.17, 15) is 0 Å². The maximum Gasteiger partial charge on any atom is -0.00132 e. The van der Waals surface area contributed by atoms with Crippen molar-refractivity contribution in [3.63, 3.8) is 0 Å². The molecule has 3 aliphatic carbocycles. The molecule has 1 saturated carbocycles. The smallest absolute Gasteiger partial charge is 0.00132 e. The molecule has 0 aromatic heterocycles. The first kappa shape index (κ1) is 12.5. The van der Waals surface area contributed by atoms with Gasteiger partial charge in [-0.3, -0.25) is 0 Å². The van der Waals surface area contributed by atoms with E-state index >= 15 is 0 Å². The van der Waals surface area contributed by atoms with Gasteiger partial charge in [0.25, 0.3) is 0 Å². The molecule has 0 heterocycles. The highest BCUT2D eigenvalue weighted by molar-refractivity contribution is 5.82. The van der Waals surface area contributed by atoms with E-state index in [-0.39, 0.29) is 0 Å². The quantitative estimate of drug-likeness (QED) is 0.543. The van der Waals surface area contributed by atoms with Crippen LogP contribution in [0.25, 0.3) is 16.7 Å². The Morgan fingerprint density at radius 1 is 0.818 bits per heavy atom. The summed E-state index contributed by atoms with van der Waals surface area (Å²) in [6, 6.07) is 15.9. The Morgan fingerprint density at radius 3 is 2.68 bits per heavy atom. The third-order valence-corrected chi connectivity index (χ3v) is 5.67. The van der Waals surface area contributed by atoms with E-state index in [0.29, 0.717) is 0 Å². The molecule has 108 valence electrons. The van der Waals surface area contributed by atoms with Crippen LogP contribution in [0.1, 0.15) is 36.0 Å². The molecule has 2 unspecified atom stereocenters. The van der Waals surface area contributed by atoms with Gasteiger partial charge < -0.3 is 0 Å². The first-order chi connectivity index (χ1) is 10.9. The predicted molar refractivity (Wildman–Crippen MR) is 92.6 cm³/mol. The Morgan fingerprint density at radius 2 is 1.68 bits per heavy atom. The molecular formula is C22H20. The van der Waals surface area contributed by atoms with Crippen molar-refractivity contribution in [1.29, 1.82) is 0 Å². The molecule has 22 heavy (non-hydrogen) atoms. The third kappa shape index (κ3) is 1.83. The molecule has 0 amide bonds. The van der Waals surface area contributed by atoms with Gasteiger partial charge in [0.15, 0.2) is 0 Å². The zero-order chi connectivity index (χ0) is 14.5. The summed E-state index contributed by atoms with van der Waals surface area (Å²) in [5.41, 5.74) is 8.64. The lowest BCUT2D eigenvalue weighted by Gasteiger charge is -2.19. The molecule has 3 aliphatic rings. The maximum absolute atomic E-state index is 2.53. The van der Waals surface area contributed by atoms with Gasteiger partial charge >= 0.3 is 0 Å². The van der Waals surface area contributed by atoms with Crippen molar-refractivity contribution in [2.24, 2.45) is 11.8 Å². The SMILES string of the molecule is C1=CC2CCCC2C=C1c1ccc2c(c1)Cc1ccccc1-2. The normalized spacial score (nSPS) is 24.6. The Kier molecular flexibility index (Phi) is 2.67. The number of benzene rings is 2. The monoisotopic (exact) mass is 284 g/mol. The second-order valence-corrected chi connectivity index (χ2v) is 6.95. The number of fused-ring (bicyclic) bond motifs is 4. The molecule has 0 heteroatoms. The number of allylic oxidation sites excluding steroid dienone is 4. The topological polar surface area (TPSA) is 0 Å². The third-order valence-electron chi connectivity index (χ3n) is 5.67. The molecule has 0 nitrogen and oxygen atoms in total. The van der Waals surface area contributed by atoms with Crippen LogP contribution in [0.3, 0.4) is 0 Å². The van der Waals surface area contributed by atoms with Gasteiger partial charge in [0, 0.05) is 0 Å². The summed E-state index contributed by atoms with van der Waals surface area (Å²) in [6.45, 7) is 0. The van der Waals surface area contributed by atoms with Crippen LogP contribution >= 0.6 is 0 Å². The highest BCUT2D eigenvalue weighted by atomic mass is 14.3. The number of hydrogen-bond donors (Lipinski definition) is 0. The summed E-state index contributed by atoms with van der Waals surface area (Å²) in [6.07, 6.45) is 12.6. The highest BCUT2D eigenvalue weighted by Crippen LogP contribution is 2.41. The van der Waals surface area contributed by atoms with E-state index in [0.717, 1.165) is 18.3 Å². The molecule has 1 fully saturated rings. The van der Waals surface area contributed by atoms with Crippen LogP contribution in [0.2, 0.25) is 0 Å². The molecule has 5 rings (SSSR count). The van der Waals surface area contributed by atoms with Gasteiger partial charge in [-0.15, -0.1) is 0 Å². The molecular weight excluding hydrogens is 264 g/mol. The van der Waals surface area contributed by atoms with Crippen LogP contribution in [0, 0.1) is 11.8 Å². The van der Waals surface area contributed by atoms with Crippen molar-refractivity contribution < 1.29 is 0 Å². The minimum atomic E-state index is 0.783. The largest absolute Gasteiger partial charge is 0.0802 e. The number of hydrogen-bond acceptors (Lipinski definition) is 0. The van der Waals surface area contributed by atoms with Crippen LogP contribution in [-0.2, 0) is 6.42 Å². The predicted octanol–water partition coefficient (Wildman–Crippen LogP) is 5.63. The van der Waals surface area contributed by atoms with E-state index in [1.165, 1.54) is 52.7 Å². The summed E-state index contributed by atoms with van der Waals surface area (Å²) >= 11 is 0. The second-order valence-electron chi connectivity index (χ2n) is 6.95. The van der Waals surface area contributed by atoms with E-state index < -0.39 is 0 Å². The van der Waals surface area contributed by atoms with Crippen molar-refractivity contribution in [1.82, 2.24) is 0 Å². The lowest BCUT2D eigenvalue weighted by molar-refractivity contribution is 0.554. The fourth-order valence-electron chi connectivity index (χ4n) is 4.49. The van der Waals surface area contributed by atoms with Gasteiger partial charge in [-0.1, -0.05) is 67.1 Å². The van der Waals surface area contributed by atoms with Gasteiger partial charge in [0.05, 0.1) is 0 Å². The molecule has 0 spiro atoms. The van der Waals surface area contributed by atoms with Gasteiger partial charge in [0.1, 0.15) is 0 Å². The zero-order valence-electron chi connectivity index (χ0n) is 12.8. The van der Waals surface area contributed by atoms with Gasteiger partial charge in [-0.25, -0.2) is 0 Å². The van der Waals surface area contributed by atoms with Crippen molar-refractivity contribution in [2.45, 2.75) is 25.7 Å². The molecule has 0 bridgehead atoms.